The van der Waals surface area contributed by atoms with Gasteiger partial charge in [-0.05, 0) is 20.8 Å². The summed E-state index contributed by atoms with van der Waals surface area (Å²) in [4.78, 5) is 3.91. The molecule has 1 rings (SSSR count). The SMILES string of the molecule is CCO/C=N/c1oc(C)c(C)c1C#N. The van der Waals surface area contributed by atoms with Gasteiger partial charge in [-0.1, -0.05) is 0 Å². The zero-order valence-electron chi connectivity index (χ0n) is 8.50. The Labute approximate surface area is 82.8 Å². The zero-order valence-corrected chi connectivity index (χ0v) is 8.50. The highest BCUT2D eigenvalue weighted by Gasteiger charge is 2.12. The average molecular weight is 192 g/mol. The standard InChI is InChI=1S/C10H12N2O2/c1-4-13-6-12-10-9(5-11)7(2)8(3)14-10/h6H,4H2,1-3H3/b12-6+. The van der Waals surface area contributed by atoms with E-state index in [0.717, 1.165) is 5.56 Å². The molecule has 0 saturated carbocycles. The summed E-state index contributed by atoms with van der Waals surface area (Å²) < 4.78 is 10.2. The van der Waals surface area contributed by atoms with Gasteiger partial charge in [-0.3, -0.25) is 0 Å². The first kappa shape index (κ1) is 10.3. The fraction of sp³-hybridized carbons (Fsp3) is 0.400. The van der Waals surface area contributed by atoms with Crippen molar-refractivity contribution < 1.29 is 9.15 Å². The van der Waals surface area contributed by atoms with Gasteiger partial charge in [0.25, 0.3) is 0 Å². The van der Waals surface area contributed by atoms with E-state index >= 15 is 0 Å². The van der Waals surface area contributed by atoms with Crippen molar-refractivity contribution in [1.29, 1.82) is 5.26 Å². The molecule has 1 aromatic heterocycles. The van der Waals surface area contributed by atoms with E-state index in [0.29, 0.717) is 23.8 Å². The van der Waals surface area contributed by atoms with E-state index in [1.807, 2.05) is 19.9 Å². The van der Waals surface area contributed by atoms with Gasteiger partial charge in [0.1, 0.15) is 17.4 Å². The van der Waals surface area contributed by atoms with Crippen LogP contribution in [0.5, 0.6) is 0 Å². The summed E-state index contributed by atoms with van der Waals surface area (Å²) in [5.41, 5.74) is 1.30. The number of aryl methyl sites for hydroxylation is 1. The molecule has 4 heteroatoms. The highest BCUT2D eigenvalue weighted by molar-refractivity contribution is 5.60. The molecule has 1 aromatic rings. The van der Waals surface area contributed by atoms with Gasteiger partial charge in [0.05, 0.1) is 6.61 Å². The third-order valence-corrected chi connectivity index (χ3v) is 1.89. The first-order valence-corrected chi connectivity index (χ1v) is 4.35. The average Bonchev–Trinajstić information content (AvgIpc) is 2.43. The summed E-state index contributed by atoms with van der Waals surface area (Å²) in [5.74, 6) is 1.03. The molecular formula is C10H12N2O2. The second kappa shape index (κ2) is 4.47. The Bertz CT molecular complexity index is 386. The quantitative estimate of drug-likeness (QED) is 0.546. The summed E-state index contributed by atoms with van der Waals surface area (Å²) in [6.07, 6.45) is 1.29. The van der Waals surface area contributed by atoms with E-state index in [1.165, 1.54) is 6.40 Å². The number of hydrogen-bond donors (Lipinski definition) is 0. The van der Waals surface area contributed by atoms with Gasteiger partial charge in [-0.2, -0.15) is 10.3 Å². The second-order valence-corrected chi connectivity index (χ2v) is 2.77. The smallest absolute Gasteiger partial charge is 0.240 e. The molecule has 0 bridgehead atoms. The number of rotatable bonds is 3. The Kier molecular flexibility index (Phi) is 3.29. The molecule has 0 aliphatic heterocycles. The van der Waals surface area contributed by atoms with E-state index < -0.39 is 0 Å². The molecule has 0 spiro atoms. The Morgan fingerprint density at radius 3 is 2.86 bits per heavy atom. The van der Waals surface area contributed by atoms with Crippen molar-refractivity contribution in [3.8, 4) is 6.07 Å². The van der Waals surface area contributed by atoms with Crippen LogP contribution in [-0.2, 0) is 4.74 Å². The maximum atomic E-state index is 8.84. The van der Waals surface area contributed by atoms with Crippen molar-refractivity contribution in [1.82, 2.24) is 0 Å². The van der Waals surface area contributed by atoms with Crippen molar-refractivity contribution in [3.63, 3.8) is 0 Å². The highest BCUT2D eigenvalue weighted by atomic mass is 16.5. The number of aliphatic imine (C=N–C) groups is 1. The summed E-state index contributed by atoms with van der Waals surface area (Å²) in [6, 6.07) is 2.05. The molecule has 1 heterocycles. The van der Waals surface area contributed by atoms with Crippen LogP contribution in [-0.4, -0.2) is 13.0 Å². The Morgan fingerprint density at radius 2 is 2.29 bits per heavy atom. The topological polar surface area (TPSA) is 58.5 Å². The number of ether oxygens (including phenoxy) is 1. The van der Waals surface area contributed by atoms with Gasteiger partial charge in [0.15, 0.2) is 6.40 Å². The molecule has 0 unspecified atom stereocenters. The maximum Gasteiger partial charge on any atom is 0.240 e. The van der Waals surface area contributed by atoms with Crippen molar-refractivity contribution >= 4 is 12.3 Å². The van der Waals surface area contributed by atoms with E-state index in [1.54, 1.807) is 6.92 Å². The number of nitriles is 1. The molecule has 0 amide bonds. The van der Waals surface area contributed by atoms with Gasteiger partial charge in [-0.25, -0.2) is 0 Å². The second-order valence-electron chi connectivity index (χ2n) is 2.77. The summed E-state index contributed by atoms with van der Waals surface area (Å²) in [6.45, 7) is 6.03. The summed E-state index contributed by atoms with van der Waals surface area (Å²) in [5, 5.41) is 8.84. The maximum absolute atomic E-state index is 8.84. The molecule has 0 N–H and O–H groups in total. The van der Waals surface area contributed by atoms with Gasteiger partial charge in [0.2, 0.25) is 5.88 Å². The van der Waals surface area contributed by atoms with Gasteiger partial charge < -0.3 is 9.15 Å². The number of hydrogen-bond acceptors (Lipinski definition) is 4. The lowest BCUT2D eigenvalue weighted by Crippen LogP contribution is -1.83. The molecule has 0 atom stereocenters. The third-order valence-electron chi connectivity index (χ3n) is 1.89. The lowest BCUT2D eigenvalue weighted by Gasteiger charge is -1.90. The molecule has 0 aliphatic carbocycles. The molecule has 0 radical (unpaired) electrons. The fourth-order valence-electron chi connectivity index (χ4n) is 0.991. The summed E-state index contributed by atoms with van der Waals surface area (Å²) in [7, 11) is 0. The van der Waals surface area contributed by atoms with Crippen LogP contribution in [0.3, 0.4) is 0 Å². The molecule has 0 fully saturated rings. The molecule has 14 heavy (non-hydrogen) atoms. The van der Waals surface area contributed by atoms with Crippen molar-refractivity contribution in [2.45, 2.75) is 20.8 Å². The predicted octanol–water partition coefficient (Wildman–Crippen LogP) is 2.46. The number of furan rings is 1. The summed E-state index contributed by atoms with van der Waals surface area (Å²) >= 11 is 0. The monoisotopic (exact) mass is 192 g/mol. The van der Waals surface area contributed by atoms with Crippen molar-refractivity contribution in [2.75, 3.05) is 6.61 Å². The van der Waals surface area contributed by atoms with E-state index in [9.17, 15) is 0 Å². The number of nitrogens with zero attached hydrogens (tertiary/aromatic N) is 2. The van der Waals surface area contributed by atoms with Crippen LogP contribution in [0.15, 0.2) is 9.41 Å². The molecular weight excluding hydrogens is 180 g/mol. The minimum Gasteiger partial charge on any atom is -0.483 e. The van der Waals surface area contributed by atoms with E-state index in [4.69, 9.17) is 14.4 Å². The van der Waals surface area contributed by atoms with Crippen molar-refractivity contribution in [3.05, 3.63) is 16.9 Å². The molecule has 74 valence electrons. The molecule has 0 saturated heterocycles. The van der Waals surface area contributed by atoms with Crippen LogP contribution in [0.2, 0.25) is 0 Å². The van der Waals surface area contributed by atoms with Crippen molar-refractivity contribution in [2.24, 2.45) is 4.99 Å². The van der Waals surface area contributed by atoms with Crippen LogP contribution in [0.25, 0.3) is 0 Å². The minimum atomic E-state index is 0.316. The normalized spacial score (nSPS) is 10.4. The zero-order chi connectivity index (χ0) is 10.6. The van der Waals surface area contributed by atoms with Crippen LogP contribution in [0, 0.1) is 25.2 Å². The van der Waals surface area contributed by atoms with Crippen LogP contribution >= 0.6 is 0 Å². The van der Waals surface area contributed by atoms with E-state index in [-0.39, 0.29) is 0 Å². The first-order valence-electron chi connectivity index (χ1n) is 4.35. The van der Waals surface area contributed by atoms with E-state index in [2.05, 4.69) is 4.99 Å². The van der Waals surface area contributed by atoms with Crippen LogP contribution in [0.4, 0.5) is 5.88 Å². The Morgan fingerprint density at radius 1 is 1.57 bits per heavy atom. The lowest BCUT2D eigenvalue weighted by atomic mass is 10.2. The van der Waals surface area contributed by atoms with Gasteiger partial charge in [-0.15, -0.1) is 0 Å². The minimum absolute atomic E-state index is 0.316. The Balaban J connectivity index is 2.98. The highest BCUT2D eigenvalue weighted by Crippen LogP contribution is 2.27. The Hall–Kier alpha value is -1.76. The lowest BCUT2D eigenvalue weighted by molar-refractivity contribution is 0.343. The van der Waals surface area contributed by atoms with Gasteiger partial charge in [0, 0.05) is 5.56 Å². The molecule has 0 aromatic carbocycles. The van der Waals surface area contributed by atoms with Crippen LogP contribution in [0.1, 0.15) is 23.8 Å². The first-order chi connectivity index (χ1) is 6.70. The predicted molar refractivity (Wildman–Crippen MR) is 52.7 cm³/mol. The molecule has 0 aliphatic rings. The fourth-order valence-corrected chi connectivity index (χ4v) is 0.991. The largest absolute Gasteiger partial charge is 0.483 e. The van der Waals surface area contributed by atoms with Crippen LogP contribution < -0.4 is 0 Å². The molecule has 4 nitrogen and oxygen atoms in total. The third kappa shape index (κ3) is 1.94. The van der Waals surface area contributed by atoms with Gasteiger partial charge >= 0.3 is 0 Å².